The molecule has 1 fully saturated rings. The summed E-state index contributed by atoms with van der Waals surface area (Å²) in [7, 11) is 0. The van der Waals surface area contributed by atoms with Crippen LogP contribution in [0.4, 0.5) is 5.69 Å². The zero-order valence-electron chi connectivity index (χ0n) is 16.4. The summed E-state index contributed by atoms with van der Waals surface area (Å²) >= 11 is 1.43. The molecule has 1 N–H and O–H groups in total. The second-order valence-corrected chi connectivity index (χ2v) is 8.58. The summed E-state index contributed by atoms with van der Waals surface area (Å²) in [5.74, 6) is 0.752. The fraction of sp³-hybridized carbons (Fsp3) is 0.227. The summed E-state index contributed by atoms with van der Waals surface area (Å²) in [4.78, 5) is 21.3. The molecule has 150 valence electrons. The highest BCUT2D eigenvalue weighted by Crippen LogP contribution is 2.41. The van der Waals surface area contributed by atoms with E-state index >= 15 is 0 Å². The van der Waals surface area contributed by atoms with Crippen LogP contribution in [0.3, 0.4) is 0 Å². The number of amides is 1. The lowest BCUT2D eigenvalue weighted by molar-refractivity contribution is -0.115. The minimum Gasteiger partial charge on any atom is -0.324 e. The predicted octanol–water partition coefficient (Wildman–Crippen LogP) is 4.34. The quantitative estimate of drug-likeness (QED) is 0.471. The van der Waals surface area contributed by atoms with Crippen LogP contribution in [0.5, 0.6) is 0 Å². The number of pyridine rings is 2. The van der Waals surface area contributed by atoms with Crippen molar-refractivity contribution >= 4 is 34.3 Å². The monoisotopic (exact) mass is 416 g/mol. The van der Waals surface area contributed by atoms with Gasteiger partial charge in [0.2, 0.25) is 5.91 Å². The molecular weight excluding hydrogens is 396 g/mol. The van der Waals surface area contributed by atoms with Gasteiger partial charge in [-0.2, -0.15) is 0 Å². The minimum atomic E-state index is -0.330. The lowest BCUT2D eigenvalue weighted by Gasteiger charge is -2.14. The van der Waals surface area contributed by atoms with Crippen molar-refractivity contribution in [2.45, 2.75) is 36.2 Å². The van der Waals surface area contributed by atoms with Crippen molar-refractivity contribution in [1.29, 1.82) is 0 Å². The number of nitrogens with zero attached hydrogens (tertiary/aromatic N) is 5. The molecule has 1 aromatic carbocycles. The molecule has 0 radical (unpaired) electrons. The smallest absolute Gasteiger partial charge is 0.237 e. The van der Waals surface area contributed by atoms with E-state index < -0.39 is 0 Å². The van der Waals surface area contributed by atoms with Gasteiger partial charge in [0.1, 0.15) is 0 Å². The topological polar surface area (TPSA) is 85.6 Å². The molecule has 1 aliphatic carbocycles. The van der Waals surface area contributed by atoms with E-state index in [4.69, 9.17) is 0 Å². The molecule has 0 saturated heterocycles. The number of carbonyl (C=O) groups is 1. The summed E-state index contributed by atoms with van der Waals surface area (Å²) in [6.07, 6.45) is 7.46. The maximum atomic E-state index is 12.9. The number of rotatable bonds is 6. The van der Waals surface area contributed by atoms with Gasteiger partial charge in [-0.1, -0.05) is 17.8 Å². The number of fused-ring (bicyclic) bond motifs is 1. The number of nitrogens with one attached hydrogen (secondary N) is 1. The van der Waals surface area contributed by atoms with Crippen LogP contribution in [0, 0.1) is 0 Å². The van der Waals surface area contributed by atoms with Crippen LogP contribution in [0.15, 0.2) is 66.2 Å². The first-order valence-corrected chi connectivity index (χ1v) is 10.8. The minimum absolute atomic E-state index is 0.0767. The SMILES string of the molecule is CC(Sc1nnc(-c2ccncc2)n1C1CC1)C(=O)Nc1cccc2ncccc12. The van der Waals surface area contributed by atoms with Gasteiger partial charge in [0, 0.05) is 35.6 Å². The van der Waals surface area contributed by atoms with E-state index in [0.717, 1.165) is 46.0 Å². The Morgan fingerprint density at radius 2 is 1.93 bits per heavy atom. The summed E-state index contributed by atoms with van der Waals surface area (Å²) in [5.41, 5.74) is 2.60. The molecule has 8 heteroatoms. The van der Waals surface area contributed by atoms with Crippen molar-refractivity contribution < 1.29 is 4.79 Å². The maximum Gasteiger partial charge on any atom is 0.237 e. The van der Waals surface area contributed by atoms with Crippen LogP contribution in [-0.4, -0.2) is 35.9 Å². The number of aromatic nitrogens is 5. The Balaban J connectivity index is 1.37. The average molecular weight is 417 g/mol. The predicted molar refractivity (Wildman–Crippen MR) is 117 cm³/mol. The normalized spacial score (nSPS) is 14.6. The lowest BCUT2D eigenvalue weighted by Crippen LogP contribution is -2.23. The fourth-order valence-electron chi connectivity index (χ4n) is 3.38. The molecule has 3 aromatic heterocycles. The van der Waals surface area contributed by atoms with Gasteiger partial charge >= 0.3 is 0 Å². The molecule has 0 bridgehead atoms. The molecule has 4 aromatic rings. The molecule has 1 amide bonds. The molecule has 0 spiro atoms. The Morgan fingerprint density at radius 1 is 1.10 bits per heavy atom. The fourth-order valence-corrected chi connectivity index (χ4v) is 4.29. The zero-order chi connectivity index (χ0) is 20.5. The standard InChI is InChI=1S/C22H20N6OS/c1-14(21(29)25-19-6-2-5-18-17(19)4-3-11-24-18)30-22-27-26-20(28(22)16-7-8-16)15-9-12-23-13-10-15/h2-6,9-14,16H,7-8H2,1H3,(H,25,29). The number of benzene rings is 1. The van der Waals surface area contributed by atoms with Gasteiger partial charge in [0.25, 0.3) is 0 Å². The molecule has 30 heavy (non-hydrogen) atoms. The summed E-state index contributed by atoms with van der Waals surface area (Å²) in [5, 5.41) is 13.2. The molecular formula is C22H20N6OS. The van der Waals surface area contributed by atoms with Crippen LogP contribution in [0.1, 0.15) is 25.8 Å². The van der Waals surface area contributed by atoms with Crippen LogP contribution >= 0.6 is 11.8 Å². The summed E-state index contributed by atoms with van der Waals surface area (Å²) in [6, 6.07) is 13.8. The molecule has 1 aliphatic rings. The van der Waals surface area contributed by atoms with Gasteiger partial charge in [-0.25, -0.2) is 0 Å². The highest BCUT2D eigenvalue weighted by molar-refractivity contribution is 8.00. The van der Waals surface area contributed by atoms with E-state index in [-0.39, 0.29) is 11.2 Å². The number of anilines is 1. The van der Waals surface area contributed by atoms with Crippen molar-refractivity contribution in [2.24, 2.45) is 0 Å². The number of carbonyl (C=O) groups excluding carboxylic acids is 1. The number of thioether (sulfide) groups is 1. The van der Waals surface area contributed by atoms with Gasteiger partial charge in [0.15, 0.2) is 11.0 Å². The molecule has 1 atom stereocenters. The van der Waals surface area contributed by atoms with E-state index in [2.05, 4.69) is 30.0 Å². The van der Waals surface area contributed by atoms with Gasteiger partial charge in [-0.05, 0) is 56.2 Å². The third-order valence-electron chi connectivity index (χ3n) is 5.07. The third-order valence-corrected chi connectivity index (χ3v) is 6.13. The van der Waals surface area contributed by atoms with Gasteiger partial charge in [-0.3, -0.25) is 19.3 Å². The second-order valence-electron chi connectivity index (χ2n) is 7.27. The van der Waals surface area contributed by atoms with Crippen LogP contribution in [0.2, 0.25) is 0 Å². The molecule has 3 heterocycles. The van der Waals surface area contributed by atoms with E-state index in [1.807, 2.05) is 49.4 Å². The Morgan fingerprint density at radius 3 is 2.73 bits per heavy atom. The molecule has 1 unspecified atom stereocenters. The van der Waals surface area contributed by atoms with Gasteiger partial charge in [0.05, 0.1) is 16.5 Å². The highest BCUT2D eigenvalue weighted by Gasteiger charge is 2.31. The summed E-state index contributed by atoms with van der Waals surface area (Å²) in [6.45, 7) is 1.89. The van der Waals surface area contributed by atoms with Gasteiger partial charge < -0.3 is 5.32 Å². The first-order chi connectivity index (χ1) is 14.7. The van der Waals surface area contributed by atoms with Crippen molar-refractivity contribution in [3.63, 3.8) is 0 Å². The van der Waals surface area contributed by atoms with E-state index in [9.17, 15) is 4.79 Å². The van der Waals surface area contributed by atoms with E-state index in [1.165, 1.54) is 11.8 Å². The Labute approximate surface area is 178 Å². The van der Waals surface area contributed by atoms with Crippen molar-refractivity contribution in [3.8, 4) is 11.4 Å². The molecule has 7 nitrogen and oxygen atoms in total. The summed E-state index contributed by atoms with van der Waals surface area (Å²) < 4.78 is 2.16. The zero-order valence-corrected chi connectivity index (χ0v) is 17.2. The van der Waals surface area contributed by atoms with Gasteiger partial charge in [-0.15, -0.1) is 10.2 Å². The Hall–Kier alpha value is -3.26. The largest absolute Gasteiger partial charge is 0.324 e. The van der Waals surface area contributed by atoms with Crippen LogP contribution in [-0.2, 0) is 4.79 Å². The number of hydrogen-bond donors (Lipinski definition) is 1. The van der Waals surface area contributed by atoms with Crippen LogP contribution in [0.25, 0.3) is 22.3 Å². The highest BCUT2D eigenvalue weighted by atomic mass is 32.2. The molecule has 5 rings (SSSR count). The maximum absolute atomic E-state index is 12.9. The molecule has 0 aliphatic heterocycles. The Bertz CT molecular complexity index is 1200. The van der Waals surface area contributed by atoms with E-state index in [1.54, 1.807) is 18.6 Å². The Kier molecular flexibility index (Phi) is 4.92. The average Bonchev–Trinajstić information content (AvgIpc) is 3.54. The van der Waals surface area contributed by atoms with Crippen molar-refractivity contribution in [3.05, 3.63) is 61.1 Å². The first-order valence-electron chi connectivity index (χ1n) is 9.87. The molecule has 1 saturated carbocycles. The van der Waals surface area contributed by atoms with E-state index in [0.29, 0.717) is 6.04 Å². The first kappa shape index (κ1) is 18.7. The lowest BCUT2D eigenvalue weighted by atomic mass is 10.2. The van der Waals surface area contributed by atoms with Crippen LogP contribution < -0.4 is 5.32 Å². The second kappa shape index (κ2) is 7.87. The van der Waals surface area contributed by atoms with Crippen molar-refractivity contribution in [2.75, 3.05) is 5.32 Å². The number of hydrogen-bond acceptors (Lipinski definition) is 6. The third kappa shape index (κ3) is 3.66. The van der Waals surface area contributed by atoms with Crippen molar-refractivity contribution in [1.82, 2.24) is 24.7 Å².